The molecule has 146 valence electrons. The third-order valence-electron chi connectivity index (χ3n) is 5.27. The summed E-state index contributed by atoms with van der Waals surface area (Å²) in [6, 6.07) is 9.82. The van der Waals surface area contributed by atoms with Gasteiger partial charge < -0.3 is 4.90 Å². The lowest BCUT2D eigenvalue weighted by Gasteiger charge is -2.18. The van der Waals surface area contributed by atoms with Crippen LogP contribution in [0.15, 0.2) is 35.2 Å². The molecule has 0 amide bonds. The van der Waals surface area contributed by atoms with Crippen molar-refractivity contribution in [1.82, 2.24) is 4.90 Å². The first kappa shape index (κ1) is 19.9. The number of aryl methyl sites for hydroxylation is 3. The zero-order chi connectivity index (χ0) is 19.6. The molecule has 1 aliphatic heterocycles. The van der Waals surface area contributed by atoms with E-state index in [1.165, 1.54) is 11.1 Å². The van der Waals surface area contributed by atoms with Gasteiger partial charge in [-0.2, -0.15) is 0 Å². The molecule has 0 saturated heterocycles. The molecule has 0 bridgehead atoms. The summed E-state index contributed by atoms with van der Waals surface area (Å²) >= 11 is 0. The van der Waals surface area contributed by atoms with E-state index in [4.69, 9.17) is 0 Å². The van der Waals surface area contributed by atoms with Crippen molar-refractivity contribution in [1.29, 1.82) is 0 Å². The number of nitrogens with one attached hydrogen (secondary N) is 1. The van der Waals surface area contributed by atoms with Gasteiger partial charge >= 0.3 is 0 Å². The normalized spacial score (nSPS) is 15.3. The maximum absolute atomic E-state index is 13.0. The highest BCUT2D eigenvalue weighted by Crippen LogP contribution is 2.26. The van der Waals surface area contributed by atoms with Crippen molar-refractivity contribution >= 4 is 15.7 Å². The van der Waals surface area contributed by atoms with E-state index >= 15 is 0 Å². The van der Waals surface area contributed by atoms with Gasteiger partial charge in [-0.25, -0.2) is 8.42 Å². The van der Waals surface area contributed by atoms with Crippen LogP contribution >= 0.6 is 0 Å². The molecule has 27 heavy (non-hydrogen) atoms. The molecule has 0 atom stereocenters. The van der Waals surface area contributed by atoms with E-state index in [1.54, 1.807) is 0 Å². The molecule has 0 unspecified atom stereocenters. The van der Waals surface area contributed by atoms with Gasteiger partial charge in [-0.15, -0.1) is 0 Å². The second kappa shape index (κ2) is 8.03. The predicted octanol–water partition coefficient (Wildman–Crippen LogP) is 4.22. The van der Waals surface area contributed by atoms with Gasteiger partial charge in [0.25, 0.3) is 10.0 Å². The Morgan fingerprint density at radius 1 is 0.963 bits per heavy atom. The Morgan fingerprint density at radius 3 is 2.22 bits per heavy atom. The van der Waals surface area contributed by atoms with Crippen molar-refractivity contribution < 1.29 is 8.42 Å². The van der Waals surface area contributed by atoms with Crippen LogP contribution in [0.5, 0.6) is 0 Å². The summed E-state index contributed by atoms with van der Waals surface area (Å²) in [5, 5.41) is 0. The molecule has 1 heterocycles. The zero-order valence-corrected chi connectivity index (χ0v) is 17.6. The van der Waals surface area contributed by atoms with Gasteiger partial charge in [0, 0.05) is 18.8 Å². The number of hydrogen-bond acceptors (Lipinski definition) is 3. The van der Waals surface area contributed by atoms with Crippen LogP contribution in [0.4, 0.5) is 5.69 Å². The fourth-order valence-electron chi connectivity index (χ4n) is 4.17. The van der Waals surface area contributed by atoms with Crippen LogP contribution in [0, 0.1) is 20.8 Å². The van der Waals surface area contributed by atoms with E-state index < -0.39 is 10.0 Å². The number of fused-ring (bicyclic) bond motifs is 1. The summed E-state index contributed by atoms with van der Waals surface area (Å²) < 4.78 is 28.8. The summed E-state index contributed by atoms with van der Waals surface area (Å²) in [4.78, 5) is 2.88. The highest BCUT2D eigenvalue weighted by molar-refractivity contribution is 7.92. The second-order valence-corrected chi connectivity index (χ2v) is 9.28. The topological polar surface area (TPSA) is 49.4 Å². The minimum Gasteiger partial charge on any atom is -0.303 e. The molecule has 2 aromatic carbocycles. The first-order valence-corrected chi connectivity index (χ1v) is 11.2. The van der Waals surface area contributed by atoms with Gasteiger partial charge in [-0.05, 0) is 81.0 Å². The van der Waals surface area contributed by atoms with E-state index in [1.807, 2.05) is 45.0 Å². The summed E-state index contributed by atoms with van der Waals surface area (Å²) in [6.45, 7) is 11.1. The van der Waals surface area contributed by atoms with Crippen LogP contribution in [-0.4, -0.2) is 33.0 Å². The van der Waals surface area contributed by atoms with Crippen molar-refractivity contribution in [2.45, 2.75) is 51.9 Å². The molecule has 0 fully saturated rings. The fourth-order valence-corrected chi connectivity index (χ4v) is 5.68. The van der Waals surface area contributed by atoms with Crippen molar-refractivity contribution in [2.24, 2.45) is 0 Å². The molecule has 5 heteroatoms. The quantitative estimate of drug-likeness (QED) is 0.837. The van der Waals surface area contributed by atoms with Crippen LogP contribution in [-0.2, 0) is 22.9 Å². The molecule has 1 aliphatic rings. The second-order valence-electron chi connectivity index (χ2n) is 7.66. The largest absolute Gasteiger partial charge is 0.303 e. The van der Waals surface area contributed by atoms with Crippen LogP contribution in [0.2, 0.25) is 0 Å². The Morgan fingerprint density at radius 2 is 1.59 bits per heavy atom. The van der Waals surface area contributed by atoms with Gasteiger partial charge in [0.05, 0.1) is 4.90 Å². The monoisotopic (exact) mass is 386 g/mol. The lowest BCUT2D eigenvalue weighted by molar-refractivity contribution is 0.288. The molecule has 3 rings (SSSR count). The summed E-state index contributed by atoms with van der Waals surface area (Å²) in [5.74, 6) is 0. The van der Waals surface area contributed by atoms with Gasteiger partial charge in [0.15, 0.2) is 0 Å². The number of anilines is 1. The summed E-state index contributed by atoms with van der Waals surface area (Å²) in [6.07, 6.45) is 3.16. The van der Waals surface area contributed by atoms with Crippen molar-refractivity contribution in [3.05, 3.63) is 58.1 Å². The molecule has 1 N–H and O–H groups in total. The van der Waals surface area contributed by atoms with Crippen LogP contribution in [0.3, 0.4) is 0 Å². The molecule has 0 radical (unpaired) electrons. The van der Waals surface area contributed by atoms with E-state index in [0.717, 1.165) is 55.6 Å². The fraction of sp³-hybridized carbons (Fsp3) is 0.455. The Hall–Kier alpha value is -1.85. The van der Waals surface area contributed by atoms with Gasteiger partial charge in [0.1, 0.15) is 0 Å². The lowest BCUT2D eigenvalue weighted by Crippen LogP contribution is -2.27. The molecule has 4 nitrogen and oxygen atoms in total. The molecule has 2 aromatic rings. The average molecular weight is 387 g/mol. The van der Waals surface area contributed by atoms with Crippen LogP contribution in [0.25, 0.3) is 0 Å². The molecular weight excluding hydrogens is 356 g/mol. The standard InChI is InChI=1S/C22H30N2O2S/c1-5-10-24-11-8-19-6-7-21(15-20(19)9-12-24)23-27(25,26)22-17(3)13-16(2)14-18(22)4/h6-7,13-15,23H,5,8-12H2,1-4H3. The minimum atomic E-state index is -3.61. The highest BCUT2D eigenvalue weighted by Gasteiger charge is 2.21. The number of hydrogen-bond donors (Lipinski definition) is 1. The highest BCUT2D eigenvalue weighted by atomic mass is 32.2. The smallest absolute Gasteiger partial charge is 0.262 e. The Kier molecular flexibility index (Phi) is 5.92. The maximum Gasteiger partial charge on any atom is 0.262 e. The molecule has 0 spiro atoms. The third-order valence-corrected chi connectivity index (χ3v) is 6.95. The third kappa shape index (κ3) is 4.53. The molecule has 0 saturated carbocycles. The molecular formula is C22H30N2O2S. The minimum absolute atomic E-state index is 0.386. The first-order valence-electron chi connectivity index (χ1n) is 9.75. The van der Waals surface area contributed by atoms with E-state index in [0.29, 0.717) is 10.6 Å². The zero-order valence-electron chi connectivity index (χ0n) is 16.8. The van der Waals surface area contributed by atoms with Gasteiger partial charge in [-0.1, -0.05) is 30.7 Å². The molecule has 0 aliphatic carbocycles. The number of sulfonamides is 1. The molecule has 0 aromatic heterocycles. The lowest BCUT2D eigenvalue weighted by atomic mass is 10.0. The van der Waals surface area contributed by atoms with E-state index in [9.17, 15) is 8.42 Å². The number of benzene rings is 2. The van der Waals surface area contributed by atoms with Gasteiger partial charge in [-0.3, -0.25) is 4.72 Å². The van der Waals surface area contributed by atoms with Crippen molar-refractivity contribution in [3.63, 3.8) is 0 Å². The first-order chi connectivity index (χ1) is 12.8. The summed E-state index contributed by atoms with van der Waals surface area (Å²) in [5.41, 5.74) is 5.88. The van der Waals surface area contributed by atoms with E-state index in [2.05, 4.69) is 22.6 Å². The van der Waals surface area contributed by atoms with Gasteiger partial charge in [0.2, 0.25) is 0 Å². The number of rotatable bonds is 5. The average Bonchev–Trinajstić information content (AvgIpc) is 2.76. The van der Waals surface area contributed by atoms with E-state index in [-0.39, 0.29) is 0 Å². The Balaban J connectivity index is 1.85. The predicted molar refractivity (Wildman–Crippen MR) is 112 cm³/mol. The van der Waals surface area contributed by atoms with Crippen molar-refractivity contribution in [2.75, 3.05) is 24.4 Å². The number of nitrogens with zero attached hydrogens (tertiary/aromatic N) is 1. The SMILES string of the molecule is CCCN1CCc2ccc(NS(=O)(=O)c3c(C)cc(C)cc3C)cc2CC1. The maximum atomic E-state index is 13.0. The van der Waals surface area contributed by atoms with Crippen LogP contribution < -0.4 is 4.72 Å². The Bertz CT molecular complexity index is 912. The summed E-state index contributed by atoms with van der Waals surface area (Å²) in [7, 11) is -3.61. The van der Waals surface area contributed by atoms with Crippen LogP contribution in [0.1, 0.15) is 41.2 Å². The Labute approximate surface area is 163 Å². The van der Waals surface area contributed by atoms with Crippen molar-refractivity contribution in [3.8, 4) is 0 Å².